The number of fused-ring (bicyclic) bond motifs is 1. The van der Waals surface area contributed by atoms with Crippen molar-refractivity contribution in [3.63, 3.8) is 0 Å². The molecule has 0 atom stereocenters. The van der Waals surface area contributed by atoms with E-state index in [0.29, 0.717) is 5.65 Å². The second-order valence-corrected chi connectivity index (χ2v) is 6.53. The van der Waals surface area contributed by atoms with Gasteiger partial charge in [-0.1, -0.05) is 41.5 Å². The van der Waals surface area contributed by atoms with Gasteiger partial charge in [-0.05, 0) is 0 Å². The van der Waals surface area contributed by atoms with Crippen LogP contribution in [0.1, 0.15) is 52.9 Å². The average Bonchev–Trinajstić information content (AvgIpc) is 2.57. The molecule has 4 nitrogen and oxygen atoms in total. The molecule has 0 bridgehead atoms. The maximum atomic E-state index is 4.72. The van der Waals surface area contributed by atoms with Crippen LogP contribution in [0.2, 0.25) is 0 Å². The Bertz CT molecular complexity index is 541. The summed E-state index contributed by atoms with van der Waals surface area (Å²) >= 11 is 0. The number of nitrogens with zero attached hydrogens (tertiary/aromatic N) is 3. The smallest absolute Gasteiger partial charge is 0.199 e. The summed E-state index contributed by atoms with van der Waals surface area (Å²) in [7, 11) is 0. The van der Waals surface area contributed by atoms with Crippen molar-refractivity contribution in [3.8, 4) is 0 Å². The van der Waals surface area contributed by atoms with Crippen LogP contribution < -0.4 is 0 Å². The lowest BCUT2D eigenvalue weighted by Crippen LogP contribution is -2.16. The third-order valence-corrected chi connectivity index (χ3v) is 2.78. The minimum Gasteiger partial charge on any atom is -0.278 e. The van der Waals surface area contributed by atoms with Gasteiger partial charge in [0.2, 0.25) is 0 Å². The van der Waals surface area contributed by atoms with Gasteiger partial charge in [0.05, 0.1) is 17.6 Å². The Labute approximate surface area is 102 Å². The monoisotopic (exact) mass is 232 g/mol. The molecule has 0 amide bonds. The number of aromatic amines is 1. The molecule has 0 aliphatic rings. The highest BCUT2D eigenvalue weighted by Gasteiger charge is 2.23. The molecule has 0 saturated carbocycles. The highest BCUT2D eigenvalue weighted by atomic mass is 15.2. The Morgan fingerprint density at radius 1 is 1.00 bits per heavy atom. The Morgan fingerprint density at radius 3 is 2.18 bits per heavy atom. The van der Waals surface area contributed by atoms with E-state index in [-0.39, 0.29) is 10.8 Å². The molecule has 92 valence electrons. The second-order valence-electron chi connectivity index (χ2n) is 6.53. The molecule has 2 rings (SSSR count). The van der Waals surface area contributed by atoms with E-state index < -0.39 is 0 Å². The Kier molecular flexibility index (Phi) is 2.49. The van der Waals surface area contributed by atoms with Crippen molar-refractivity contribution in [1.82, 2.24) is 20.2 Å². The molecular weight excluding hydrogens is 212 g/mol. The first-order chi connectivity index (χ1) is 7.69. The molecule has 0 aliphatic carbocycles. The molecule has 0 saturated heterocycles. The van der Waals surface area contributed by atoms with E-state index in [9.17, 15) is 0 Å². The first-order valence-corrected chi connectivity index (χ1v) is 5.91. The normalized spacial score (nSPS) is 13.3. The predicted molar refractivity (Wildman–Crippen MR) is 69.1 cm³/mol. The van der Waals surface area contributed by atoms with Crippen LogP contribution in [0.5, 0.6) is 0 Å². The minimum atomic E-state index is -0.0000619. The quantitative estimate of drug-likeness (QED) is 0.759. The van der Waals surface area contributed by atoms with Gasteiger partial charge < -0.3 is 0 Å². The lowest BCUT2D eigenvalue weighted by Gasteiger charge is -2.19. The molecule has 0 radical (unpaired) electrons. The standard InChI is InChI=1S/C13H20N4/c1-12(2,3)8-7-14-11-9(15-8)10(16-17-11)13(4,5)6/h7H,1-6H3,(H,14,16,17). The summed E-state index contributed by atoms with van der Waals surface area (Å²) in [6.07, 6.45) is 1.82. The summed E-state index contributed by atoms with van der Waals surface area (Å²) in [5.74, 6) is 0. The fourth-order valence-electron chi connectivity index (χ4n) is 1.68. The zero-order valence-corrected chi connectivity index (χ0v) is 11.4. The van der Waals surface area contributed by atoms with Crippen LogP contribution >= 0.6 is 0 Å². The highest BCUT2D eigenvalue weighted by Crippen LogP contribution is 2.27. The van der Waals surface area contributed by atoms with Crippen molar-refractivity contribution in [2.45, 2.75) is 52.4 Å². The number of hydrogen-bond acceptors (Lipinski definition) is 3. The molecule has 2 heterocycles. The molecule has 17 heavy (non-hydrogen) atoms. The van der Waals surface area contributed by atoms with E-state index in [1.807, 2.05) is 6.20 Å². The maximum Gasteiger partial charge on any atom is 0.199 e. The first kappa shape index (κ1) is 12.0. The van der Waals surface area contributed by atoms with Gasteiger partial charge in [0.1, 0.15) is 5.52 Å². The number of aromatic nitrogens is 4. The summed E-state index contributed by atoms with van der Waals surface area (Å²) in [5, 5.41) is 7.27. The van der Waals surface area contributed by atoms with Crippen molar-refractivity contribution in [3.05, 3.63) is 17.6 Å². The number of H-pyrrole nitrogens is 1. The molecule has 0 unspecified atom stereocenters. The van der Waals surface area contributed by atoms with Gasteiger partial charge in [-0.2, -0.15) is 5.10 Å². The maximum absolute atomic E-state index is 4.72. The minimum absolute atomic E-state index is 0.0000619. The molecule has 0 fully saturated rings. The van der Waals surface area contributed by atoms with Crippen LogP contribution in [0.15, 0.2) is 6.20 Å². The van der Waals surface area contributed by atoms with Crippen molar-refractivity contribution in [2.75, 3.05) is 0 Å². The van der Waals surface area contributed by atoms with Gasteiger partial charge in [-0.3, -0.25) is 5.10 Å². The average molecular weight is 232 g/mol. The first-order valence-electron chi connectivity index (χ1n) is 5.91. The lowest BCUT2D eigenvalue weighted by molar-refractivity contribution is 0.560. The molecular formula is C13H20N4. The molecule has 2 aromatic rings. The molecule has 2 aromatic heterocycles. The van der Waals surface area contributed by atoms with E-state index in [1.165, 1.54) is 0 Å². The van der Waals surface area contributed by atoms with Crippen molar-refractivity contribution >= 4 is 11.2 Å². The number of nitrogens with one attached hydrogen (secondary N) is 1. The molecule has 0 aromatic carbocycles. The molecule has 0 aliphatic heterocycles. The van der Waals surface area contributed by atoms with Crippen LogP contribution in [0.4, 0.5) is 0 Å². The summed E-state index contributed by atoms with van der Waals surface area (Å²) in [5.41, 5.74) is 3.64. The van der Waals surface area contributed by atoms with Crippen LogP contribution in [0, 0.1) is 0 Å². The van der Waals surface area contributed by atoms with E-state index >= 15 is 0 Å². The Hall–Kier alpha value is -1.45. The van der Waals surface area contributed by atoms with Crippen LogP contribution in [0.3, 0.4) is 0 Å². The van der Waals surface area contributed by atoms with Gasteiger partial charge in [-0.25, -0.2) is 9.97 Å². The zero-order valence-electron chi connectivity index (χ0n) is 11.4. The summed E-state index contributed by atoms with van der Waals surface area (Å²) < 4.78 is 0. The summed E-state index contributed by atoms with van der Waals surface area (Å²) in [6, 6.07) is 0. The Morgan fingerprint density at radius 2 is 1.65 bits per heavy atom. The fourth-order valence-corrected chi connectivity index (χ4v) is 1.68. The van der Waals surface area contributed by atoms with E-state index in [1.54, 1.807) is 0 Å². The van der Waals surface area contributed by atoms with Gasteiger partial charge in [0.25, 0.3) is 0 Å². The number of rotatable bonds is 0. The van der Waals surface area contributed by atoms with Crippen LogP contribution in [0.25, 0.3) is 11.2 Å². The molecule has 0 spiro atoms. The van der Waals surface area contributed by atoms with Gasteiger partial charge in [0, 0.05) is 10.8 Å². The van der Waals surface area contributed by atoms with Gasteiger partial charge in [-0.15, -0.1) is 0 Å². The van der Waals surface area contributed by atoms with Crippen LogP contribution in [-0.4, -0.2) is 20.2 Å². The van der Waals surface area contributed by atoms with Gasteiger partial charge >= 0.3 is 0 Å². The highest BCUT2D eigenvalue weighted by molar-refractivity contribution is 5.73. The van der Waals surface area contributed by atoms with E-state index in [2.05, 4.69) is 56.7 Å². The predicted octanol–water partition coefficient (Wildman–Crippen LogP) is 2.95. The lowest BCUT2D eigenvalue weighted by atomic mass is 9.90. The van der Waals surface area contributed by atoms with Crippen molar-refractivity contribution in [1.29, 1.82) is 0 Å². The number of hydrogen-bond donors (Lipinski definition) is 1. The third-order valence-electron chi connectivity index (χ3n) is 2.78. The van der Waals surface area contributed by atoms with Gasteiger partial charge in [0.15, 0.2) is 5.65 Å². The topological polar surface area (TPSA) is 54.5 Å². The Balaban J connectivity index is 2.67. The molecule has 4 heteroatoms. The van der Waals surface area contributed by atoms with Crippen molar-refractivity contribution in [2.24, 2.45) is 0 Å². The SMILES string of the molecule is CC(C)(C)c1cnc2n[nH]c(C(C)(C)C)c2n1. The summed E-state index contributed by atoms with van der Waals surface area (Å²) in [6.45, 7) is 12.8. The third kappa shape index (κ3) is 2.16. The van der Waals surface area contributed by atoms with E-state index in [0.717, 1.165) is 16.9 Å². The van der Waals surface area contributed by atoms with E-state index in [4.69, 9.17) is 4.98 Å². The largest absolute Gasteiger partial charge is 0.278 e. The summed E-state index contributed by atoms with van der Waals surface area (Å²) in [4.78, 5) is 9.09. The second kappa shape index (κ2) is 3.52. The van der Waals surface area contributed by atoms with Crippen LogP contribution in [-0.2, 0) is 10.8 Å². The molecule has 1 N–H and O–H groups in total. The zero-order chi connectivity index (χ0) is 12.8. The van der Waals surface area contributed by atoms with Crippen molar-refractivity contribution < 1.29 is 0 Å². The fraction of sp³-hybridized carbons (Fsp3) is 0.615.